The van der Waals surface area contributed by atoms with Crippen molar-refractivity contribution in [1.82, 2.24) is 0 Å². The highest BCUT2D eigenvalue weighted by Crippen LogP contribution is 2.46. The number of aryl methyl sites for hydroxylation is 1. The van der Waals surface area contributed by atoms with E-state index in [2.05, 4.69) is 0 Å². The van der Waals surface area contributed by atoms with E-state index in [0.717, 1.165) is 16.8 Å². The van der Waals surface area contributed by atoms with Crippen molar-refractivity contribution in [3.05, 3.63) is 57.6 Å². The number of halogens is 2. The Balaban J connectivity index is 1.46. The van der Waals surface area contributed by atoms with Crippen molar-refractivity contribution in [3.63, 3.8) is 0 Å². The van der Waals surface area contributed by atoms with Crippen molar-refractivity contribution >= 4 is 34.8 Å². The summed E-state index contributed by atoms with van der Waals surface area (Å²) in [5, 5.41) is 1.02. The van der Waals surface area contributed by atoms with Crippen molar-refractivity contribution in [1.29, 1.82) is 0 Å². The molecule has 0 aliphatic carbocycles. The molecule has 2 aromatic rings. The maximum atomic E-state index is 13.1. The zero-order chi connectivity index (χ0) is 19.0. The van der Waals surface area contributed by atoms with Gasteiger partial charge in [0.05, 0.1) is 30.5 Å². The van der Waals surface area contributed by atoms with Gasteiger partial charge < -0.3 is 19.1 Å². The van der Waals surface area contributed by atoms with Gasteiger partial charge in [0.25, 0.3) is 11.7 Å². The molecule has 1 spiro atoms. The third-order valence-electron chi connectivity index (χ3n) is 4.70. The van der Waals surface area contributed by atoms with Crippen LogP contribution in [0.15, 0.2) is 36.4 Å². The van der Waals surface area contributed by atoms with Crippen molar-refractivity contribution in [2.45, 2.75) is 19.1 Å². The molecule has 0 saturated carbocycles. The Kier molecular flexibility index (Phi) is 5.03. The second-order valence-corrected chi connectivity index (χ2v) is 7.41. The van der Waals surface area contributed by atoms with Gasteiger partial charge in [0, 0.05) is 17.1 Å². The molecule has 1 amide bonds. The monoisotopic (exact) mass is 407 g/mol. The Morgan fingerprint density at radius 1 is 1.15 bits per heavy atom. The molecular formula is C20H19Cl2NO4. The molecule has 0 N–H and O–H groups in total. The lowest BCUT2D eigenvalue weighted by molar-refractivity contribution is -0.180. The molecule has 5 nitrogen and oxygen atoms in total. The van der Waals surface area contributed by atoms with Gasteiger partial charge in [-0.2, -0.15) is 0 Å². The van der Waals surface area contributed by atoms with Gasteiger partial charge in [0.15, 0.2) is 0 Å². The zero-order valence-electron chi connectivity index (χ0n) is 14.8. The van der Waals surface area contributed by atoms with E-state index in [0.29, 0.717) is 48.6 Å². The molecule has 7 heteroatoms. The minimum Gasteiger partial charge on any atom is -0.492 e. The summed E-state index contributed by atoms with van der Waals surface area (Å²) in [6.07, 6.45) is 0.633. The molecule has 2 aliphatic rings. The van der Waals surface area contributed by atoms with Crippen molar-refractivity contribution in [3.8, 4) is 5.75 Å². The molecule has 0 atom stereocenters. The first-order valence-corrected chi connectivity index (χ1v) is 9.56. The Bertz CT molecular complexity index is 880. The number of carbonyl (C=O) groups excluding carboxylic acids is 1. The van der Waals surface area contributed by atoms with Gasteiger partial charge >= 0.3 is 0 Å². The first-order chi connectivity index (χ1) is 13.0. The van der Waals surface area contributed by atoms with Crippen molar-refractivity contribution in [2.75, 3.05) is 31.3 Å². The third-order valence-corrected chi connectivity index (χ3v) is 5.23. The summed E-state index contributed by atoms with van der Waals surface area (Å²) in [6, 6.07) is 11.0. The van der Waals surface area contributed by atoms with Crippen molar-refractivity contribution < 1.29 is 19.0 Å². The minimum atomic E-state index is -1.29. The van der Waals surface area contributed by atoms with E-state index in [1.54, 1.807) is 23.1 Å². The fourth-order valence-electron chi connectivity index (χ4n) is 3.46. The summed E-state index contributed by atoms with van der Waals surface area (Å²) in [5.41, 5.74) is 2.67. The van der Waals surface area contributed by atoms with E-state index in [9.17, 15) is 4.79 Å². The highest BCUT2D eigenvalue weighted by molar-refractivity contribution is 6.35. The maximum absolute atomic E-state index is 13.1. The Morgan fingerprint density at radius 2 is 1.93 bits per heavy atom. The quantitative estimate of drug-likeness (QED) is 0.692. The number of carbonyl (C=O) groups is 1. The fraction of sp³-hybridized carbons (Fsp3) is 0.350. The molecule has 1 fully saturated rings. The Morgan fingerprint density at radius 3 is 2.67 bits per heavy atom. The van der Waals surface area contributed by atoms with Crippen molar-refractivity contribution in [2.24, 2.45) is 0 Å². The van der Waals surface area contributed by atoms with Crippen LogP contribution >= 0.6 is 23.2 Å². The molecule has 0 radical (unpaired) electrons. The summed E-state index contributed by atoms with van der Waals surface area (Å²) < 4.78 is 17.2. The highest BCUT2D eigenvalue weighted by Gasteiger charge is 2.55. The molecular weight excluding hydrogens is 389 g/mol. The predicted molar refractivity (Wildman–Crippen MR) is 104 cm³/mol. The van der Waals surface area contributed by atoms with Crippen LogP contribution in [0.4, 0.5) is 5.69 Å². The molecule has 0 aromatic heterocycles. The number of benzene rings is 2. The number of rotatable bonds is 5. The second-order valence-electron chi connectivity index (χ2n) is 6.57. The van der Waals surface area contributed by atoms with E-state index in [-0.39, 0.29) is 5.91 Å². The molecule has 142 valence electrons. The van der Waals surface area contributed by atoms with Crippen LogP contribution in [0.2, 0.25) is 10.0 Å². The first-order valence-electron chi connectivity index (χ1n) is 8.80. The number of amides is 1. The number of hydrogen-bond acceptors (Lipinski definition) is 4. The Hall–Kier alpha value is -1.79. The molecule has 0 unspecified atom stereocenters. The molecule has 0 bridgehead atoms. The SMILES string of the molecule is Cc1ccc2c(c1)C1(OCCO1)C(=O)N2CCCOc1ccc(Cl)cc1Cl. The van der Waals surface area contributed by atoms with Gasteiger partial charge in [-0.15, -0.1) is 0 Å². The smallest absolute Gasteiger partial charge is 0.292 e. The van der Waals surface area contributed by atoms with Crippen LogP contribution in [-0.2, 0) is 20.1 Å². The molecule has 4 rings (SSSR count). The standard InChI is InChI=1S/C20H19Cl2NO4/c1-13-3-5-17-15(11-13)20(26-9-10-27-20)19(24)23(17)7-2-8-25-18-6-4-14(21)12-16(18)22/h3-6,11-12H,2,7-10H2,1H3. The largest absolute Gasteiger partial charge is 0.492 e. The molecule has 27 heavy (non-hydrogen) atoms. The van der Waals surface area contributed by atoms with E-state index in [1.807, 2.05) is 25.1 Å². The van der Waals surface area contributed by atoms with Crippen LogP contribution < -0.4 is 9.64 Å². The minimum absolute atomic E-state index is 0.176. The number of nitrogens with zero attached hydrogens (tertiary/aromatic N) is 1. The average Bonchev–Trinajstić information content (AvgIpc) is 3.21. The average molecular weight is 408 g/mol. The van der Waals surface area contributed by atoms with Crippen LogP contribution in [0.5, 0.6) is 5.75 Å². The molecule has 2 aromatic carbocycles. The lowest BCUT2D eigenvalue weighted by Gasteiger charge is -2.22. The van der Waals surface area contributed by atoms with Crippen LogP contribution in [0.3, 0.4) is 0 Å². The van der Waals surface area contributed by atoms with Gasteiger partial charge in [-0.05, 0) is 43.7 Å². The topological polar surface area (TPSA) is 48.0 Å². The molecule has 2 heterocycles. The first kappa shape index (κ1) is 18.6. The van der Waals surface area contributed by atoms with Gasteiger partial charge in [-0.25, -0.2) is 0 Å². The highest BCUT2D eigenvalue weighted by atomic mass is 35.5. The van der Waals surface area contributed by atoms with E-state index in [1.165, 1.54) is 0 Å². The molecule has 2 aliphatic heterocycles. The number of ether oxygens (including phenoxy) is 3. The zero-order valence-corrected chi connectivity index (χ0v) is 16.3. The summed E-state index contributed by atoms with van der Waals surface area (Å²) >= 11 is 12.0. The van der Waals surface area contributed by atoms with E-state index in [4.69, 9.17) is 37.4 Å². The lowest BCUT2D eigenvalue weighted by atomic mass is 10.0. The molecule has 1 saturated heterocycles. The summed E-state index contributed by atoms with van der Waals surface area (Å²) in [4.78, 5) is 14.8. The van der Waals surface area contributed by atoms with Crippen LogP contribution in [-0.4, -0.2) is 32.3 Å². The van der Waals surface area contributed by atoms with E-state index < -0.39 is 5.79 Å². The van der Waals surface area contributed by atoms with Gasteiger partial charge in [-0.3, -0.25) is 4.79 Å². The lowest BCUT2D eigenvalue weighted by Crippen LogP contribution is -2.41. The Labute approximate surface area is 167 Å². The summed E-state index contributed by atoms with van der Waals surface area (Å²) in [7, 11) is 0. The van der Waals surface area contributed by atoms with Crippen LogP contribution in [0.25, 0.3) is 0 Å². The van der Waals surface area contributed by atoms with Gasteiger partial charge in [-0.1, -0.05) is 34.8 Å². The summed E-state index contributed by atoms with van der Waals surface area (Å²) in [6.45, 7) is 3.71. The number of fused-ring (bicyclic) bond motifs is 2. The van der Waals surface area contributed by atoms with E-state index >= 15 is 0 Å². The van der Waals surface area contributed by atoms with Gasteiger partial charge in [0.1, 0.15) is 5.75 Å². The fourth-order valence-corrected chi connectivity index (χ4v) is 3.92. The van der Waals surface area contributed by atoms with Crippen LogP contribution in [0, 0.1) is 6.92 Å². The number of anilines is 1. The third kappa shape index (κ3) is 3.29. The van der Waals surface area contributed by atoms with Crippen LogP contribution in [0.1, 0.15) is 17.5 Å². The number of hydrogen-bond donors (Lipinski definition) is 0. The maximum Gasteiger partial charge on any atom is 0.292 e. The second kappa shape index (κ2) is 7.32. The summed E-state index contributed by atoms with van der Waals surface area (Å²) in [5.74, 6) is -0.893. The predicted octanol–water partition coefficient (Wildman–Crippen LogP) is 4.32. The normalized spacial score (nSPS) is 17.6. The van der Waals surface area contributed by atoms with Gasteiger partial charge in [0.2, 0.25) is 0 Å².